The first-order chi connectivity index (χ1) is 6.70. The summed E-state index contributed by atoms with van der Waals surface area (Å²) in [7, 11) is 0. The van der Waals surface area contributed by atoms with Crippen molar-refractivity contribution >= 4 is 0 Å². The molecule has 0 amide bonds. The van der Waals surface area contributed by atoms with Gasteiger partial charge in [-0.3, -0.25) is 0 Å². The van der Waals surface area contributed by atoms with Gasteiger partial charge in [0.05, 0.1) is 6.10 Å². The van der Waals surface area contributed by atoms with E-state index in [1.807, 2.05) is 6.92 Å². The van der Waals surface area contributed by atoms with Gasteiger partial charge in [0.1, 0.15) is 0 Å². The Bertz CT molecular complexity index is 177. The van der Waals surface area contributed by atoms with E-state index in [-0.39, 0.29) is 6.10 Å². The Morgan fingerprint density at radius 1 is 1.21 bits per heavy atom. The fraction of sp³-hybridized carbons (Fsp3) is 1.00. The van der Waals surface area contributed by atoms with E-state index in [1.165, 1.54) is 45.2 Å². The zero-order valence-electron chi connectivity index (χ0n) is 9.34. The predicted octanol–water partition coefficient (Wildman–Crippen LogP) is 2.02. The summed E-state index contributed by atoms with van der Waals surface area (Å²) in [5, 5.41) is 9.22. The van der Waals surface area contributed by atoms with Crippen LogP contribution in [0.15, 0.2) is 0 Å². The van der Waals surface area contributed by atoms with Crippen molar-refractivity contribution in [3.63, 3.8) is 0 Å². The van der Waals surface area contributed by atoms with Gasteiger partial charge >= 0.3 is 0 Å². The summed E-state index contributed by atoms with van der Waals surface area (Å²) in [6.07, 6.45) is 8.06. The topological polar surface area (TPSA) is 23.5 Å². The molecule has 1 heterocycles. The van der Waals surface area contributed by atoms with Crippen molar-refractivity contribution in [3.05, 3.63) is 0 Å². The molecule has 2 fully saturated rings. The van der Waals surface area contributed by atoms with Gasteiger partial charge in [-0.1, -0.05) is 6.42 Å². The highest BCUT2D eigenvalue weighted by Gasteiger charge is 2.39. The third-order valence-electron chi connectivity index (χ3n) is 4.19. The highest BCUT2D eigenvalue weighted by atomic mass is 16.3. The zero-order chi connectivity index (χ0) is 10.0. The molecule has 0 radical (unpaired) electrons. The lowest BCUT2D eigenvalue weighted by Crippen LogP contribution is -2.44. The van der Waals surface area contributed by atoms with Crippen molar-refractivity contribution in [3.8, 4) is 0 Å². The second kappa shape index (κ2) is 4.19. The number of hydrogen-bond acceptors (Lipinski definition) is 2. The minimum atomic E-state index is -0.130. The number of nitrogens with zero attached hydrogens (tertiary/aromatic N) is 1. The molecule has 1 spiro atoms. The minimum Gasteiger partial charge on any atom is -0.393 e. The molecule has 2 rings (SSSR count). The minimum absolute atomic E-state index is 0.130. The van der Waals surface area contributed by atoms with Crippen molar-refractivity contribution < 1.29 is 5.11 Å². The van der Waals surface area contributed by atoms with E-state index in [9.17, 15) is 5.11 Å². The van der Waals surface area contributed by atoms with Crippen molar-refractivity contribution in [1.82, 2.24) is 4.90 Å². The van der Waals surface area contributed by atoms with Gasteiger partial charge in [-0.05, 0) is 57.5 Å². The number of hydrogen-bond donors (Lipinski definition) is 1. The molecule has 1 saturated heterocycles. The van der Waals surface area contributed by atoms with E-state index in [2.05, 4.69) is 4.90 Å². The van der Waals surface area contributed by atoms with Crippen LogP contribution in [0.5, 0.6) is 0 Å². The molecule has 1 N–H and O–H groups in total. The standard InChI is InChI=1S/C12H23NO/c1-11(14)3-8-13-9-6-12(7-10-13)4-2-5-12/h11,14H,2-10H2,1H3. The summed E-state index contributed by atoms with van der Waals surface area (Å²) in [6.45, 7) is 5.52. The number of likely N-dealkylation sites (tertiary alicyclic amines) is 1. The molecule has 2 nitrogen and oxygen atoms in total. The Balaban J connectivity index is 1.68. The summed E-state index contributed by atoms with van der Waals surface area (Å²) in [5.74, 6) is 0. The van der Waals surface area contributed by atoms with Crippen molar-refractivity contribution in [2.75, 3.05) is 19.6 Å². The average molecular weight is 197 g/mol. The average Bonchev–Trinajstić information content (AvgIpc) is 2.13. The van der Waals surface area contributed by atoms with Crippen molar-refractivity contribution in [2.45, 2.75) is 51.6 Å². The molecule has 1 saturated carbocycles. The van der Waals surface area contributed by atoms with E-state index in [1.54, 1.807) is 0 Å². The lowest BCUT2D eigenvalue weighted by atomic mass is 9.63. The summed E-state index contributed by atoms with van der Waals surface area (Å²) >= 11 is 0. The molecule has 0 bridgehead atoms. The van der Waals surface area contributed by atoms with Gasteiger partial charge in [-0.15, -0.1) is 0 Å². The van der Waals surface area contributed by atoms with Crippen molar-refractivity contribution in [1.29, 1.82) is 0 Å². The SMILES string of the molecule is CC(O)CCN1CCC2(CCC2)CC1. The molecular weight excluding hydrogens is 174 g/mol. The molecule has 2 heteroatoms. The number of piperidine rings is 1. The van der Waals surface area contributed by atoms with Gasteiger partial charge in [0, 0.05) is 6.54 Å². The van der Waals surface area contributed by atoms with Gasteiger partial charge in [0.15, 0.2) is 0 Å². The molecule has 82 valence electrons. The van der Waals surface area contributed by atoms with E-state index < -0.39 is 0 Å². The zero-order valence-corrected chi connectivity index (χ0v) is 9.34. The van der Waals surface area contributed by atoms with Crippen LogP contribution in [0.25, 0.3) is 0 Å². The lowest BCUT2D eigenvalue weighted by molar-refractivity contribution is 0.0285. The quantitative estimate of drug-likeness (QED) is 0.748. The molecule has 0 aromatic heterocycles. The highest BCUT2D eigenvalue weighted by Crippen LogP contribution is 2.48. The molecular formula is C12H23NO. The van der Waals surface area contributed by atoms with Crippen LogP contribution in [0.4, 0.5) is 0 Å². The maximum Gasteiger partial charge on any atom is 0.0524 e. The van der Waals surface area contributed by atoms with Gasteiger partial charge in [0.25, 0.3) is 0 Å². The van der Waals surface area contributed by atoms with Gasteiger partial charge in [0.2, 0.25) is 0 Å². The first kappa shape index (κ1) is 10.4. The lowest BCUT2D eigenvalue weighted by Gasteiger charge is -2.48. The molecule has 14 heavy (non-hydrogen) atoms. The van der Waals surface area contributed by atoms with Crippen LogP contribution in [0.1, 0.15) is 45.4 Å². The van der Waals surface area contributed by atoms with E-state index in [0.717, 1.165) is 18.4 Å². The van der Waals surface area contributed by atoms with E-state index in [4.69, 9.17) is 0 Å². The van der Waals surface area contributed by atoms with Gasteiger partial charge in [-0.25, -0.2) is 0 Å². The molecule has 1 atom stereocenters. The third-order valence-corrected chi connectivity index (χ3v) is 4.19. The largest absolute Gasteiger partial charge is 0.393 e. The first-order valence-electron chi connectivity index (χ1n) is 6.11. The van der Waals surface area contributed by atoms with Crippen LogP contribution in [-0.4, -0.2) is 35.7 Å². The molecule has 1 unspecified atom stereocenters. The smallest absolute Gasteiger partial charge is 0.0524 e. The Labute approximate surface area is 87.3 Å². The van der Waals surface area contributed by atoms with Crippen LogP contribution in [-0.2, 0) is 0 Å². The summed E-state index contributed by atoms with van der Waals surface area (Å²) in [5.41, 5.74) is 0.765. The summed E-state index contributed by atoms with van der Waals surface area (Å²) in [6, 6.07) is 0. The fourth-order valence-electron chi connectivity index (χ4n) is 2.80. The van der Waals surface area contributed by atoms with Gasteiger partial charge in [-0.2, -0.15) is 0 Å². The van der Waals surface area contributed by atoms with Crippen LogP contribution in [0, 0.1) is 5.41 Å². The van der Waals surface area contributed by atoms with Crippen molar-refractivity contribution in [2.24, 2.45) is 5.41 Å². The Hall–Kier alpha value is -0.0800. The van der Waals surface area contributed by atoms with E-state index in [0.29, 0.717) is 0 Å². The number of aliphatic hydroxyl groups excluding tert-OH is 1. The molecule has 1 aliphatic heterocycles. The van der Waals surface area contributed by atoms with Crippen LogP contribution in [0.3, 0.4) is 0 Å². The van der Waals surface area contributed by atoms with Crippen LogP contribution < -0.4 is 0 Å². The van der Waals surface area contributed by atoms with Gasteiger partial charge < -0.3 is 10.0 Å². The summed E-state index contributed by atoms with van der Waals surface area (Å²) in [4.78, 5) is 2.52. The second-order valence-electron chi connectivity index (χ2n) is 5.33. The van der Waals surface area contributed by atoms with Crippen LogP contribution in [0.2, 0.25) is 0 Å². The fourth-order valence-corrected chi connectivity index (χ4v) is 2.80. The Morgan fingerprint density at radius 2 is 1.86 bits per heavy atom. The van der Waals surface area contributed by atoms with E-state index >= 15 is 0 Å². The third kappa shape index (κ3) is 2.29. The maximum atomic E-state index is 9.22. The second-order valence-corrected chi connectivity index (χ2v) is 5.33. The van der Waals surface area contributed by atoms with Crippen LogP contribution >= 0.6 is 0 Å². The molecule has 0 aromatic rings. The molecule has 2 aliphatic rings. The Kier molecular flexibility index (Phi) is 3.13. The number of rotatable bonds is 3. The maximum absolute atomic E-state index is 9.22. The Morgan fingerprint density at radius 3 is 2.29 bits per heavy atom. The first-order valence-corrected chi connectivity index (χ1v) is 6.11. The summed E-state index contributed by atoms with van der Waals surface area (Å²) < 4.78 is 0. The normalized spacial score (nSPS) is 28.7. The monoisotopic (exact) mass is 197 g/mol. The molecule has 1 aliphatic carbocycles. The predicted molar refractivity (Wildman–Crippen MR) is 58.3 cm³/mol. The molecule has 0 aromatic carbocycles. The highest BCUT2D eigenvalue weighted by molar-refractivity contribution is 4.92. The number of aliphatic hydroxyl groups is 1.